The lowest BCUT2D eigenvalue weighted by molar-refractivity contribution is 0.0940. The third kappa shape index (κ3) is 3.85. The number of carbonyl (C=O) groups is 1. The van der Waals surface area contributed by atoms with E-state index >= 15 is 0 Å². The second-order valence-electron chi connectivity index (χ2n) is 5.27. The molecule has 2 aromatic carbocycles. The molecule has 0 saturated carbocycles. The summed E-state index contributed by atoms with van der Waals surface area (Å²) in [6.07, 6.45) is 1.01. The number of rotatable bonds is 4. The minimum Gasteiger partial charge on any atom is -0.345 e. The van der Waals surface area contributed by atoms with Crippen LogP contribution < -0.4 is 5.32 Å². The molecular weight excluding hydrogens is 282 g/mol. The van der Waals surface area contributed by atoms with Gasteiger partial charge in [-0.1, -0.05) is 48.9 Å². The molecule has 0 aliphatic carbocycles. The zero-order valence-corrected chi connectivity index (χ0v) is 13.4. The molecule has 0 aliphatic heterocycles. The van der Waals surface area contributed by atoms with Gasteiger partial charge in [-0.05, 0) is 49.1 Å². The average molecular weight is 302 g/mol. The third-order valence-electron chi connectivity index (χ3n) is 3.60. The van der Waals surface area contributed by atoms with E-state index in [4.69, 9.17) is 11.6 Å². The van der Waals surface area contributed by atoms with E-state index in [0.29, 0.717) is 10.6 Å². The zero-order chi connectivity index (χ0) is 15.4. The molecule has 3 heteroatoms. The molecule has 0 spiro atoms. The largest absolute Gasteiger partial charge is 0.345 e. The van der Waals surface area contributed by atoms with Crippen LogP contribution in [0.3, 0.4) is 0 Å². The van der Waals surface area contributed by atoms with Crippen molar-refractivity contribution < 1.29 is 4.79 Å². The average Bonchev–Trinajstić information content (AvgIpc) is 2.47. The lowest BCUT2D eigenvalue weighted by atomic mass is 10.0. The van der Waals surface area contributed by atoms with E-state index in [2.05, 4.69) is 36.5 Å². The van der Waals surface area contributed by atoms with Gasteiger partial charge in [0.2, 0.25) is 0 Å². The van der Waals surface area contributed by atoms with Crippen LogP contribution in [0.5, 0.6) is 0 Å². The van der Waals surface area contributed by atoms with E-state index < -0.39 is 0 Å². The Balaban J connectivity index is 2.10. The number of aryl methyl sites for hydroxylation is 2. The summed E-state index contributed by atoms with van der Waals surface area (Å²) in [4.78, 5) is 12.3. The molecule has 1 amide bonds. The van der Waals surface area contributed by atoms with Crippen molar-refractivity contribution in [1.82, 2.24) is 5.32 Å². The predicted molar refractivity (Wildman–Crippen MR) is 87.9 cm³/mol. The maximum absolute atomic E-state index is 12.3. The van der Waals surface area contributed by atoms with Gasteiger partial charge in [0.15, 0.2) is 0 Å². The van der Waals surface area contributed by atoms with Gasteiger partial charge in [0.05, 0.1) is 16.6 Å². The van der Waals surface area contributed by atoms with Crippen LogP contribution >= 0.6 is 11.6 Å². The standard InChI is InChI=1S/C18H20ClNO/c1-4-14-6-8-15(9-7-14)13(3)20-18(21)16-10-5-12(2)11-17(16)19/h5-11,13H,4H2,1-3H3,(H,20,21)/t13-/m0/s1. The highest BCUT2D eigenvalue weighted by Crippen LogP contribution is 2.19. The number of hydrogen-bond donors (Lipinski definition) is 1. The normalized spacial score (nSPS) is 12.0. The summed E-state index contributed by atoms with van der Waals surface area (Å²) in [6, 6.07) is 13.7. The van der Waals surface area contributed by atoms with Gasteiger partial charge in [-0.3, -0.25) is 4.79 Å². The Morgan fingerprint density at radius 1 is 1.19 bits per heavy atom. The van der Waals surface area contributed by atoms with E-state index in [0.717, 1.165) is 17.5 Å². The first-order chi connectivity index (χ1) is 10.0. The van der Waals surface area contributed by atoms with E-state index in [9.17, 15) is 4.79 Å². The summed E-state index contributed by atoms with van der Waals surface area (Å²) in [5.41, 5.74) is 3.93. The molecule has 1 atom stereocenters. The maximum Gasteiger partial charge on any atom is 0.253 e. The van der Waals surface area contributed by atoms with Crippen molar-refractivity contribution in [3.05, 3.63) is 69.7 Å². The molecule has 2 rings (SSSR count). The van der Waals surface area contributed by atoms with Crippen LogP contribution in [-0.2, 0) is 6.42 Å². The molecule has 1 N–H and O–H groups in total. The van der Waals surface area contributed by atoms with Crippen LogP contribution in [0.25, 0.3) is 0 Å². The molecule has 0 unspecified atom stereocenters. The first-order valence-corrected chi connectivity index (χ1v) is 7.55. The van der Waals surface area contributed by atoms with Gasteiger partial charge < -0.3 is 5.32 Å². The first kappa shape index (κ1) is 15.6. The fourth-order valence-electron chi connectivity index (χ4n) is 2.20. The van der Waals surface area contributed by atoms with Crippen LogP contribution in [0.4, 0.5) is 0 Å². The van der Waals surface area contributed by atoms with Gasteiger partial charge in [0, 0.05) is 0 Å². The van der Waals surface area contributed by atoms with E-state index in [1.54, 1.807) is 12.1 Å². The van der Waals surface area contributed by atoms with Crippen molar-refractivity contribution in [2.24, 2.45) is 0 Å². The summed E-state index contributed by atoms with van der Waals surface area (Å²) in [6.45, 7) is 6.05. The maximum atomic E-state index is 12.3. The Labute approximate surface area is 131 Å². The Kier molecular flexibility index (Phi) is 5.03. The van der Waals surface area contributed by atoms with E-state index in [-0.39, 0.29) is 11.9 Å². The highest BCUT2D eigenvalue weighted by molar-refractivity contribution is 6.33. The van der Waals surface area contributed by atoms with Crippen molar-refractivity contribution in [3.63, 3.8) is 0 Å². The Bertz CT molecular complexity index is 634. The molecule has 0 aliphatic rings. The minimum absolute atomic E-state index is 0.0548. The molecule has 0 heterocycles. The van der Waals surface area contributed by atoms with Crippen LogP contribution in [0.15, 0.2) is 42.5 Å². The number of hydrogen-bond acceptors (Lipinski definition) is 1. The lowest BCUT2D eigenvalue weighted by Crippen LogP contribution is -2.26. The second-order valence-corrected chi connectivity index (χ2v) is 5.68. The molecule has 0 radical (unpaired) electrons. The predicted octanol–water partition coefficient (Wildman–Crippen LogP) is 4.70. The van der Waals surface area contributed by atoms with Crippen LogP contribution in [0.2, 0.25) is 5.02 Å². The molecule has 0 fully saturated rings. The summed E-state index contributed by atoms with van der Waals surface area (Å²) in [5, 5.41) is 3.47. The topological polar surface area (TPSA) is 29.1 Å². The molecule has 2 nitrogen and oxygen atoms in total. The van der Waals surface area contributed by atoms with Crippen LogP contribution in [0, 0.1) is 6.92 Å². The number of halogens is 1. The number of nitrogens with one attached hydrogen (secondary N) is 1. The van der Waals surface area contributed by atoms with Gasteiger partial charge in [0.1, 0.15) is 0 Å². The molecule has 0 bridgehead atoms. The molecule has 0 saturated heterocycles. The van der Waals surface area contributed by atoms with Crippen molar-refractivity contribution in [1.29, 1.82) is 0 Å². The molecule has 110 valence electrons. The summed E-state index contributed by atoms with van der Waals surface area (Å²) < 4.78 is 0. The van der Waals surface area contributed by atoms with Gasteiger partial charge in [-0.15, -0.1) is 0 Å². The smallest absolute Gasteiger partial charge is 0.253 e. The molecule has 21 heavy (non-hydrogen) atoms. The van der Waals surface area contributed by atoms with Gasteiger partial charge in [0.25, 0.3) is 5.91 Å². The van der Waals surface area contributed by atoms with Crippen LogP contribution in [-0.4, -0.2) is 5.91 Å². The quantitative estimate of drug-likeness (QED) is 0.871. The fourth-order valence-corrected chi connectivity index (χ4v) is 2.52. The summed E-state index contributed by atoms with van der Waals surface area (Å²) in [7, 11) is 0. The number of benzene rings is 2. The summed E-state index contributed by atoms with van der Waals surface area (Å²) >= 11 is 6.13. The fraction of sp³-hybridized carbons (Fsp3) is 0.278. The van der Waals surface area contributed by atoms with E-state index in [1.165, 1.54) is 5.56 Å². The highest BCUT2D eigenvalue weighted by atomic mass is 35.5. The third-order valence-corrected chi connectivity index (χ3v) is 3.92. The monoisotopic (exact) mass is 301 g/mol. The molecule has 2 aromatic rings. The molecule has 0 aromatic heterocycles. The van der Waals surface area contributed by atoms with E-state index in [1.807, 2.05) is 19.9 Å². The lowest BCUT2D eigenvalue weighted by Gasteiger charge is -2.15. The SMILES string of the molecule is CCc1ccc([C@H](C)NC(=O)c2ccc(C)cc2Cl)cc1. The summed E-state index contributed by atoms with van der Waals surface area (Å²) in [5.74, 6) is -0.146. The number of amides is 1. The van der Waals surface area contributed by atoms with Gasteiger partial charge >= 0.3 is 0 Å². The Morgan fingerprint density at radius 3 is 2.43 bits per heavy atom. The van der Waals surface area contributed by atoms with Crippen molar-refractivity contribution in [2.75, 3.05) is 0 Å². The zero-order valence-electron chi connectivity index (χ0n) is 12.6. The first-order valence-electron chi connectivity index (χ1n) is 7.17. The van der Waals surface area contributed by atoms with Crippen molar-refractivity contribution >= 4 is 17.5 Å². The van der Waals surface area contributed by atoms with Crippen molar-refractivity contribution in [3.8, 4) is 0 Å². The van der Waals surface area contributed by atoms with Gasteiger partial charge in [-0.2, -0.15) is 0 Å². The Hall–Kier alpha value is -1.80. The second kappa shape index (κ2) is 6.77. The van der Waals surface area contributed by atoms with Gasteiger partial charge in [-0.25, -0.2) is 0 Å². The van der Waals surface area contributed by atoms with Crippen molar-refractivity contribution in [2.45, 2.75) is 33.2 Å². The number of carbonyl (C=O) groups excluding carboxylic acids is 1. The highest BCUT2D eigenvalue weighted by Gasteiger charge is 2.14. The van der Waals surface area contributed by atoms with Crippen LogP contribution in [0.1, 0.15) is 46.9 Å². The Morgan fingerprint density at radius 2 is 1.86 bits per heavy atom. The molecular formula is C18H20ClNO. The minimum atomic E-state index is -0.146.